The summed E-state index contributed by atoms with van der Waals surface area (Å²) in [6.45, 7) is 8.01. The molecule has 108 valence electrons. The van der Waals surface area contributed by atoms with Crippen LogP contribution < -0.4 is 5.32 Å². The molecule has 1 atom stereocenters. The van der Waals surface area contributed by atoms with Crippen molar-refractivity contribution >= 4 is 11.8 Å². The van der Waals surface area contributed by atoms with Crippen LogP contribution >= 0.6 is 0 Å². The van der Waals surface area contributed by atoms with Gasteiger partial charge in [0.05, 0.1) is 0 Å². The number of hydrogen-bond donors (Lipinski definition) is 1. The maximum Gasteiger partial charge on any atom is 0.249 e. The normalized spacial score (nSPS) is 27.6. The number of piperazine rings is 1. The molecule has 1 saturated carbocycles. The highest BCUT2D eigenvalue weighted by molar-refractivity contribution is 6.00. The SMILES string of the molecule is CCC(C)(C)N1C(=O)C2(CCCCC2)NC(=O)C1C. The fourth-order valence-corrected chi connectivity index (χ4v) is 3.38. The van der Waals surface area contributed by atoms with Gasteiger partial charge in [-0.25, -0.2) is 0 Å². The van der Waals surface area contributed by atoms with E-state index < -0.39 is 5.54 Å². The van der Waals surface area contributed by atoms with Crippen LogP contribution in [0.1, 0.15) is 66.2 Å². The van der Waals surface area contributed by atoms with E-state index >= 15 is 0 Å². The Morgan fingerprint density at radius 1 is 1.26 bits per heavy atom. The molecule has 1 spiro atoms. The van der Waals surface area contributed by atoms with Crippen LogP contribution in [-0.2, 0) is 9.59 Å². The average Bonchev–Trinajstić information content (AvgIpc) is 2.38. The Labute approximate surface area is 115 Å². The molecule has 4 heteroatoms. The second kappa shape index (κ2) is 4.80. The number of rotatable bonds is 2. The topological polar surface area (TPSA) is 49.4 Å². The molecule has 0 bridgehead atoms. The molecule has 1 unspecified atom stereocenters. The third-order valence-corrected chi connectivity index (χ3v) is 4.98. The van der Waals surface area contributed by atoms with Gasteiger partial charge in [0.1, 0.15) is 11.6 Å². The number of hydrogen-bond acceptors (Lipinski definition) is 2. The number of carbonyl (C=O) groups excluding carboxylic acids is 2. The third kappa shape index (κ3) is 2.26. The number of amides is 2. The van der Waals surface area contributed by atoms with Gasteiger partial charge in [-0.2, -0.15) is 0 Å². The van der Waals surface area contributed by atoms with Crippen LogP contribution in [0.5, 0.6) is 0 Å². The van der Waals surface area contributed by atoms with E-state index in [-0.39, 0.29) is 23.4 Å². The number of carbonyl (C=O) groups is 2. The Bertz CT molecular complexity index is 384. The summed E-state index contributed by atoms with van der Waals surface area (Å²) in [7, 11) is 0. The van der Waals surface area contributed by atoms with Crippen molar-refractivity contribution in [1.29, 1.82) is 0 Å². The van der Waals surface area contributed by atoms with E-state index in [2.05, 4.69) is 26.1 Å². The van der Waals surface area contributed by atoms with Gasteiger partial charge in [0.2, 0.25) is 11.8 Å². The molecule has 2 aliphatic rings. The average molecular weight is 266 g/mol. The summed E-state index contributed by atoms with van der Waals surface area (Å²) < 4.78 is 0. The molecule has 0 radical (unpaired) electrons. The minimum Gasteiger partial charge on any atom is -0.340 e. The van der Waals surface area contributed by atoms with Crippen molar-refractivity contribution in [2.45, 2.75) is 83.3 Å². The molecule has 1 aliphatic carbocycles. The lowest BCUT2D eigenvalue weighted by atomic mass is 9.77. The van der Waals surface area contributed by atoms with Crippen molar-refractivity contribution in [3.63, 3.8) is 0 Å². The van der Waals surface area contributed by atoms with Crippen LogP contribution in [0.25, 0.3) is 0 Å². The van der Waals surface area contributed by atoms with Gasteiger partial charge in [0.15, 0.2) is 0 Å². The van der Waals surface area contributed by atoms with Gasteiger partial charge in [0.25, 0.3) is 0 Å². The second-order valence-corrected chi connectivity index (χ2v) is 6.65. The van der Waals surface area contributed by atoms with E-state index in [0.29, 0.717) is 0 Å². The van der Waals surface area contributed by atoms with E-state index in [9.17, 15) is 9.59 Å². The highest BCUT2D eigenvalue weighted by Gasteiger charge is 2.52. The first-order valence-electron chi connectivity index (χ1n) is 7.50. The molecular weight excluding hydrogens is 240 g/mol. The quantitative estimate of drug-likeness (QED) is 0.833. The number of nitrogens with one attached hydrogen (secondary N) is 1. The first-order valence-corrected chi connectivity index (χ1v) is 7.50. The Morgan fingerprint density at radius 3 is 2.37 bits per heavy atom. The van der Waals surface area contributed by atoms with Crippen LogP contribution in [0, 0.1) is 0 Å². The largest absolute Gasteiger partial charge is 0.340 e. The summed E-state index contributed by atoms with van der Waals surface area (Å²) in [6.07, 6.45) is 5.66. The number of nitrogens with zero attached hydrogens (tertiary/aromatic N) is 1. The summed E-state index contributed by atoms with van der Waals surface area (Å²) in [6, 6.07) is -0.366. The van der Waals surface area contributed by atoms with E-state index in [1.807, 2.05) is 11.8 Å². The molecule has 1 aliphatic heterocycles. The Morgan fingerprint density at radius 2 is 1.84 bits per heavy atom. The zero-order valence-corrected chi connectivity index (χ0v) is 12.6. The van der Waals surface area contributed by atoms with Gasteiger partial charge in [-0.05, 0) is 40.0 Å². The van der Waals surface area contributed by atoms with Crippen molar-refractivity contribution in [2.75, 3.05) is 0 Å². The minimum absolute atomic E-state index is 0.00280. The van der Waals surface area contributed by atoms with Crippen molar-refractivity contribution in [1.82, 2.24) is 10.2 Å². The van der Waals surface area contributed by atoms with E-state index in [4.69, 9.17) is 0 Å². The van der Waals surface area contributed by atoms with Crippen LogP contribution in [0.2, 0.25) is 0 Å². The molecule has 0 aromatic carbocycles. The van der Waals surface area contributed by atoms with Crippen molar-refractivity contribution < 1.29 is 9.59 Å². The van der Waals surface area contributed by atoms with Crippen molar-refractivity contribution in [2.24, 2.45) is 0 Å². The summed E-state index contributed by atoms with van der Waals surface area (Å²) in [5.41, 5.74) is -0.882. The van der Waals surface area contributed by atoms with Gasteiger partial charge in [-0.3, -0.25) is 9.59 Å². The maximum absolute atomic E-state index is 13.0. The Kier molecular flexibility index (Phi) is 3.63. The Balaban J connectivity index is 2.36. The lowest BCUT2D eigenvalue weighted by molar-refractivity contribution is -0.162. The smallest absolute Gasteiger partial charge is 0.249 e. The molecule has 2 fully saturated rings. The van der Waals surface area contributed by atoms with E-state index in [0.717, 1.165) is 38.5 Å². The summed E-state index contributed by atoms with van der Waals surface area (Å²) in [4.78, 5) is 27.1. The molecule has 1 N–H and O–H groups in total. The predicted octanol–water partition coefficient (Wildman–Crippen LogP) is 2.22. The van der Waals surface area contributed by atoms with Gasteiger partial charge in [-0.1, -0.05) is 26.2 Å². The van der Waals surface area contributed by atoms with E-state index in [1.54, 1.807) is 0 Å². The fraction of sp³-hybridized carbons (Fsp3) is 0.867. The van der Waals surface area contributed by atoms with Crippen LogP contribution in [0.15, 0.2) is 0 Å². The van der Waals surface area contributed by atoms with Crippen molar-refractivity contribution in [3.05, 3.63) is 0 Å². The molecule has 2 rings (SSSR count). The molecule has 2 amide bonds. The first kappa shape index (κ1) is 14.4. The maximum atomic E-state index is 13.0. The van der Waals surface area contributed by atoms with Gasteiger partial charge < -0.3 is 10.2 Å². The highest BCUT2D eigenvalue weighted by atomic mass is 16.2. The van der Waals surface area contributed by atoms with Gasteiger partial charge in [-0.15, -0.1) is 0 Å². The second-order valence-electron chi connectivity index (χ2n) is 6.65. The van der Waals surface area contributed by atoms with Crippen LogP contribution in [-0.4, -0.2) is 33.8 Å². The zero-order chi connectivity index (χ0) is 14.3. The van der Waals surface area contributed by atoms with Gasteiger partial charge >= 0.3 is 0 Å². The molecule has 1 saturated heterocycles. The van der Waals surface area contributed by atoms with Crippen LogP contribution in [0.4, 0.5) is 0 Å². The van der Waals surface area contributed by atoms with Crippen molar-refractivity contribution in [3.8, 4) is 0 Å². The van der Waals surface area contributed by atoms with Crippen LogP contribution in [0.3, 0.4) is 0 Å². The molecule has 19 heavy (non-hydrogen) atoms. The lowest BCUT2D eigenvalue weighted by Crippen LogP contribution is -2.73. The Hall–Kier alpha value is -1.06. The standard InChI is InChI=1S/C15H26N2O2/c1-5-14(3,4)17-11(2)12(18)16-15(13(17)19)9-7-6-8-10-15/h11H,5-10H2,1-4H3,(H,16,18). The first-order chi connectivity index (χ1) is 8.84. The fourth-order valence-electron chi connectivity index (χ4n) is 3.38. The summed E-state index contributed by atoms with van der Waals surface area (Å²) in [5, 5.41) is 3.03. The predicted molar refractivity (Wildman–Crippen MR) is 74.6 cm³/mol. The third-order valence-electron chi connectivity index (χ3n) is 4.98. The molecule has 4 nitrogen and oxygen atoms in total. The van der Waals surface area contributed by atoms with Gasteiger partial charge in [0, 0.05) is 5.54 Å². The molecule has 0 aromatic rings. The lowest BCUT2D eigenvalue weighted by Gasteiger charge is -2.52. The molecule has 1 heterocycles. The highest BCUT2D eigenvalue weighted by Crippen LogP contribution is 2.36. The minimum atomic E-state index is -0.617. The molecular formula is C15H26N2O2. The molecule has 0 aromatic heterocycles. The van der Waals surface area contributed by atoms with E-state index in [1.165, 1.54) is 0 Å². The summed E-state index contributed by atoms with van der Waals surface area (Å²) >= 11 is 0. The zero-order valence-electron chi connectivity index (χ0n) is 12.6. The monoisotopic (exact) mass is 266 g/mol. The summed E-state index contributed by atoms with van der Waals surface area (Å²) in [5.74, 6) is 0.133.